The van der Waals surface area contributed by atoms with Crippen LogP contribution in [-0.4, -0.2) is 16.2 Å². The summed E-state index contributed by atoms with van der Waals surface area (Å²) in [6.07, 6.45) is 8.69. The fraction of sp³-hybridized carbons (Fsp3) is 0.529. The zero-order chi connectivity index (χ0) is 14.3. The van der Waals surface area contributed by atoms with E-state index >= 15 is 0 Å². The van der Waals surface area contributed by atoms with Crippen LogP contribution in [0.3, 0.4) is 0 Å². The van der Waals surface area contributed by atoms with E-state index in [4.69, 9.17) is 4.52 Å². The first-order valence-corrected chi connectivity index (χ1v) is 7.99. The van der Waals surface area contributed by atoms with Crippen molar-refractivity contribution in [2.45, 2.75) is 57.5 Å². The van der Waals surface area contributed by atoms with Crippen LogP contribution >= 0.6 is 0 Å². The first-order chi connectivity index (χ1) is 10.4. The predicted molar refractivity (Wildman–Crippen MR) is 81.9 cm³/mol. The van der Waals surface area contributed by atoms with Gasteiger partial charge in [-0.1, -0.05) is 61.2 Å². The van der Waals surface area contributed by atoms with Crippen LogP contribution in [0.5, 0.6) is 0 Å². The lowest BCUT2D eigenvalue weighted by Gasteiger charge is -2.14. The molecule has 0 saturated heterocycles. The highest BCUT2D eigenvalue weighted by Crippen LogP contribution is 2.17. The summed E-state index contributed by atoms with van der Waals surface area (Å²) in [6, 6.07) is 10.9. The highest BCUT2D eigenvalue weighted by atomic mass is 16.5. The molecule has 1 aliphatic carbocycles. The van der Waals surface area contributed by atoms with Crippen molar-refractivity contribution in [3.8, 4) is 0 Å². The molecule has 1 aromatic carbocycles. The number of nitrogens with one attached hydrogen (secondary N) is 1. The largest absolute Gasteiger partial charge is 0.338 e. The highest BCUT2D eigenvalue weighted by molar-refractivity contribution is 5.18. The Hall–Kier alpha value is -1.68. The van der Waals surface area contributed by atoms with Crippen molar-refractivity contribution in [1.82, 2.24) is 15.5 Å². The highest BCUT2D eigenvalue weighted by Gasteiger charge is 2.13. The molecule has 3 rings (SSSR count). The van der Waals surface area contributed by atoms with Crippen LogP contribution < -0.4 is 5.32 Å². The zero-order valence-corrected chi connectivity index (χ0v) is 12.4. The average Bonchev–Trinajstić information content (AvgIpc) is 2.80. The molecular formula is C17H23N3O. The summed E-state index contributed by atoms with van der Waals surface area (Å²) >= 11 is 0. The number of hydrogen-bond acceptors (Lipinski definition) is 4. The fourth-order valence-electron chi connectivity index (χ4n) is 2.93. The minimum absolute atomic E-state index is 0.608. The van der Waals surface area contributed by atoms with Crippen LogP contribution in [0.25, 0.3) is 0 Å². The monoisotopic (exact) mass is 285 g/mol. The van der Waals surface area contributed by atoms with E-state index in [1.165, 1.54) is 44.1 Å². The van der Waals surface area contributed by atoms with Crippen molar-refractivity contribution >= 4 is 0 Å². The SMILES string of the molecule is c1ccc(Cc2noc(CNC3CCCCCC3)n2)cc1. The second-order valence-electron chi connectivity index (χ2n) is 5.84. The molecular weight excluding hydrogens is 262 g/mol. The molecule has 0 unspecified atom stereocenters. The fourth-order valence-corrected chi connectivity index (χ4v) is 2.93. The third-order valence-electron chi connectivity index (χ3n) is 4.11. The van der Waals surface area contributed by atoms with E-state index < -0.39 is 0 Å². The van der Waals surface area contributed by atoms with Gasteiger partial charge in [-0.3, -0.25) is 0 Å². The van der Waals surface area contributed by atoms with Gasteiger partial charge >= 0.3 is 0 Å². The van der Waals surface area contributed by atoms with Crippen molar-refractivity contribution in [2.24, 2.45) is 0 Å². The molecule has 0 spiro atoms. The zero-order valence-electron chi connectivity index (χ0n) is 12.4. The lowest BCUT2D eigenvalue weighted by atomic mass is 10.1. The van der Waals surface area contributed by atoms with E-state index in [0.717, 1.165) is 12.2 Å². The molecule has 21 heavy (non-hydrogen) atoms. The van der Waals surface area contributed by atoms with Crippen molar-refractivity contribution < 1.29 is 4.52 Å². The standard InChI is InChI=1S/C17H23N3O/c1-2-7-11-15(10-6-1)18-13-17-19-16(20-21-17)12-14-8-4-3-5-9-14/h3-5,8-9,15,18H,1-2,6-7,10-13H2. The molecule has 1 fully saturated rings. The van der Waals surface area contributed by atoms with Crippen LogP contribution in [0, 0.1) is 0 Å². The molecule has 112 valence electrons. The minimum atomic E-state index is 0.608. The van der Waals surface area contributed by atoms with Gasteiger partial charge in [0, 0.05) is 12.5 Å². The molecule has 0 aliphatic heterocycles. The van der Waals surface area contributed by atoms with Crippen molar-refractivity contribution in [3.63, 3.8) is 0 Å². The van der Waals surface area contributed by atoms with Gasteiger partial charge in [0.15, 0.2) is 5.82 Å². The van der Waals surface area contributed by atoms with Crippen LogP contribution in [0.15, 0.2) is 34.9 Å². The summed E-state index contributed by atoms with van der Waals surface area (Å²) in [6.45, 7) is 0.687. The van der Waals surface area contributed by atoms with Gasteiger partial charge in [-0.2, -0.15) is 4.98 Å². The molecule has 4 nitrogen and oxygen atoms in total. The number of benzene rings is 1. The van der Waals surface area contributed by atoms with Gasteiger partial charge in [0.25, 0.3) is 0 Å². The molecule has 1 saturated carbocycles. The molecule has 2 aromatic rings. The van der Waals surface area contributed by atoms with Gasteiger partial charge < -0.3 is 9.84 Å². The topological polar surface area (TPSA) is 51.0 Å². The minimum Gasteiger partial charge on any atom is -0.338 e. The number of hydrogen-bond donors (Lipinski definition) is 1. The Morgan fingerprint density at radius 2 is 1.81 bits per heavy atom. The second-order valence-corrected chi connectivity index (χ2v) is 5.84. The summed E-state index contributed by atoms with van der Waals surface area (Å²) in [7, 11) is 0. The van der Waals surface area contributed by atoms with Crippen LogP contribution in [0.2, 0.25) is 0 Å². The van der Waals surface area contributed by atoms with E-state index in [9.17, 15) is 0 Å². The Morgan fingerprint density at radius 3 is 2.57 bits per heavy atom. The van der Waals surface area contributed by atoms with Crippen molar-refractivity contribution in [1.29, 1.82) is 0 Å². The molecule has 4 heteroatoms. The Bertz CT molecular complexity index is 530. The summed E-state index contributed by atoms with van der Waals surface area (Å²) in [4.78, 5) is 4.47. The lowest BCUT2D eigenvalue weighted by molar-refractivity contribution is 0.346. The van der Waals surface area contributed by atoms with E-state index in [0.29, 0.717) is 18.5 Å². The lowest BCUT2D eigenvalue weighted by Crippen LogP contribution is -2.27. The van der Waals surface area contributed by atoms with E-state index in [1.807, 2.05) is 18.2 Å². The predicted octanol–water partition coefficient (Wildman–Crippen LogP) is 3.47. The molecule has 0 amide bonds. The number of rotatable bonds is 5. The summed E-state index contributed by atoms with van der Waals surface area (Å²) in [5.41, 5.74) is 1.21. The maximum Gasteiger partial charge on any atom is 0.240 e. The molecule has 1 N–H and O–H groups in total. The maximum absolute atomic E-state index is 5.34. The molecule has 1 aliphatic rings. The smallest absolute Gasteiger partial charge is 0.240 e. The summed E-state index contributed by atoms with van der Waals surface area (Å²) in [5, 5.41) is 7.63. The van der Waals surface area contributed by atoms with Crippen molar-refractivity contribution in [3.05, 3.63) is 47.6 Å². The normalized spacial score (nSPS) is 16.8. The molecule has 0 radical (unpaired) electrons. The summed E-state index contributed by atoms with van der Waals surface area (Å²) < 4.78 is 5.34. The Labute approximate surface area is 126 Å². The van der Waals surface area contributed by atoms with Gasteiger partial charge in [-0.05, 0) is 18.4 Å². The van der Waals surface area contributed by atoms with Gasteiger partial charge in [-0.15, -0.1) is 0 Å². The third kappa shape index (κ3) is 4.39. The molecule has 1 heterocycles. The van der Waals surface area contributed by atoms with Gasteiger partial charge in [0.05, 0.1) is 6.54 Å². The first-order valence-electron chi connectivity index (χ1n) is 7.99. The Morgan fingerprint density at radius 1 is 1.05 bits per heavy atom. The third-order valence-corrected chi connectivity index (χ3v) is 4.11. The van der Waals surface area contributed by atoms with E-state index in [2.05, 4.69) is 27.6 Å². The van der Waals surface area contributed by atoms with Crippen LogP contribution in [0.4, 0.5) is 0 Å². The van der Waals surface area contributed by atoms with Gasteiger partial charge in [-0.25, -0.2) is 0 Å². The second kappa shape index (κ2) is 7.36. The van der Waals surface area contributed by atoms with Crippen LogP contribution in [0.1, 0.15) is 55.8 Å². The van der Waals surface area contributed by atoms with Crippen molar-refractivity contribution in [2.75, 3.05) is 0 Å². The van der Waals surface area contributed by atoms with Crippen LogP contribution in [-0.2, 0) is 13.0 Å². The quantitative estimate of drug-likeness (QED) is 0.855. The van der Waals surface area contributed by atoms with E-state index in [1.54, 1.807) is 0 Å². The average molecular weight is 285 g/mol. The molecule has 0 atom stereocenters. The van der Waals surface area contributed by atoms with Gasteiger partial charge in [0.2, 0.25) is 5.89 Å². The Balaban J connectivity index is 1.50. The number of aromatic nitrogens is 2. The first kappa shape index (κ1) is 14.3. The maximum atomic E-state index is 5.34. The van der Waals surface area contributed by atoms with Gasteiger partial charge in [0.1, 0.15) is 0 Å². The summed E-state index contributed by atoms with van der Waals surface area (Å²) in [5.74, 6) is 1.46. The molecule has 0 bridgehead atoms. The number of nitrogens with zero attached hydrogens (tertiary/aromatic N) is 2. The van der Waals surface area contributed by atoms with E-state index in [-0.39, 0.29) is 0 Å². The Kier molecular flexibility index (Phi) is 5.00. The molecule has 1 aromatic heterocycles.